The molecule has 1 saturated heterocycles. The highest BCUT2D eigenvalue weighted by atomic mass is 127. The zero-order chi connectivity index (χ0) is 16.0. The first-order valence-corrected chi connectivity index (χ1v) is 8.38. The number of thiol groups is 1. The molecule has 8 nitrogen and oxygen atoms in total. The number of rotatable bonds is 3. The van der Waals surface area contributed by atoms with Gasteiger partial charge in [0, 0.05) is 27.8 Å². The van der Waals surface area contributed by atoms with Crippen molar-refractivity contribution in [3.8, 4) is 0 Å². The summed E-state index contributed by atoms with van der Waals surface area (Å²) in [6.07, 6.45) is -1.29. The topological polar surface area (TPSA) is 119 Å². The third-order valence-corrected chi connectivity index (χ3v) is 4.91. The number of hydrogen-bond acceptors (Lipinski definition) is 8. The minimum atomic E-state index is -1.10. The van der Waals surface area contributed by atoms with Gasteiger partial charge in [-0.25, -0.2) is 15.0 Å². The van der Waals surface area contributed by atoms with Crippen molar-refractivity contribution in [3.63, 3.8) is 0 Å². The average molecular weight is 437 g/mol. The van der Waals surface area contributed by atoms with Gasteiger partial charge in [-0.2, -0.15) is 12.6 Å². The van der Waals surface area contributed by atoms with Crippen molar-refractivity contribution in [2.24, 2.45) is 0 Å². The second-order valence-electron chi connectivity index (χ2n) is 5.15. The van der Waals surface area contributed by atoms with E-state index >= 15 is 0 Å². The predicted molar refractivity (Wildman–Crippen MR) is 91.4 cm³/mol. The number of nitrogens with two attached hydrogens (primary N) is 1. The molecular formula is C12H16IN5O3S. The van der Waals surface area contributed by atoms with Gasteiger partial charge in [0.1, 0.15) is 23.8 Å². The Balaban J connectivity index is 2.01. The quantitative estimate of drug-likeness (QED) is 0.311. The van der Waals surface area contributed by atoms with Crippen LogP contribution in [0.2, 0.25) is 0 Å². The minimum Gasteiger partial charge on any atom is -0.387 e. The Morgan fingerprint density at radius 3 is 2.86 bits per heavy atom. The van der Waals surface area contributed by atoms with Crippen LogP contribution in [0.3, 0.4) is 0 Å². The molecule has 0 radical (unpaired) electrons. The van der Waals surface area contributed by atoms with Crippen LogP contribution in [-0.2, 0) is 4.74 Å². The van der Waals surface area contributed by atoms with E-state index in [1.807, 2.05) is 29.5 Å². The van der Waals surface area contributed by atoms with Gasteiger partial charge in [0.2, 0.25) is 0 Å². The molecule has 3 heterocycles. The lowest BCUT2D eigenvalue weighted by Gasteiger charge is -2.19. The first-order valence-electron chi connectivity index (χ1n) is 6.79. The zero-order valence-corrected chi connectivity index (χ0v) is 14.7. The third kappa shape index (κ3) is 2.56. The van der Waals surface area contributed by atoms with Gasteiger partial charge in [0.15, 0.2) is 21.5 Å². The highest BCUT2D eigenvalue weighted by Crippen LogP contribution is 2.35. The fraction of sp³-hybridized carbons (Fsp3) is 0.583. The van der Waals surface area contributed by atoms with Crippen LogP contribution >= 0.6 is 35.2 Å². The van der Waals surface area contributed by atoms with Crippen molar-refractivity contribution in [2.45, 2.75) is 43.1 Å². The first-order chi connectivity index (χ1) is 10.4. The molecule has 0 amide bonds. The van der Waals surface area contributed by atoms with E-state index in [1.54, 1.807) is 4.57 Å². The lowest BCUT2D eigenvalue weighted by Crippen LogP contribution is -2.36. The molecule has 2 aromatic rings. The number of halogens is 1. The Kier molecular flexibility index (Phi) is 4.47. The van der Waals surface area contributed by atoms with Gasteiger partial charge in [-0.15, -0.1) is 0 Å². The molecule has 120 valence electrons. The summed E-state index contributed by atoms with van der Waals surface area (Å²) in [6.45, 7) is 1.94. The van der Waals surface area contributed by atoms with Crippen molar-refractivity contribution in [1.82, 2.24) is 19.5 Å². The highest BCUT2D eigenvalue weighted by Gasteiger charge is 2.46. The van der Waals surface area contributed by atoms with Crippen molar-refractivity contribution < 1.29 is 14.9 Å². The number of imidazole rings is 1. The number of nitrogen functional groups attached to an aromatic ring is 1. The largest absolute Gasteiger partial charge is 0.387 e. The summed E-state index contributed by atoms with van der Waals surface area (Å²) in [6, 6.07) is 0. The molecule has 3 rings (SSSR count). The van der Waals surface area contributed by atoms with Crippen molar-refractivity contribution >= 4 is 52.2 Å². The van der Waals surface area contributed by atoms with Crippen molar-refractivity contribution in [3.05, 3.63) is 10.2 Å². The van der Waals surface area contributed by atoms with Gasteiger partial charge in [0.05, 0.1) is 6.33 Å². The van der Waals surface area contributed by atoms with Gasteiger partial charge < -0.3 is 20.7 Å². The number of nitrogens with zero attached hydrogens (tertiary/aromatic N) is 4. The molecule has 22 heavy (non-hydrogen) atoms. The fourth-order valence-electron chi connectivity index (χ4n) is 2.56. The Labute approximate surface area is 145 Å². The second kappa shape index (κ2) is 6.07. The molecular weight excluding hydrogens is 421 g/mol. The Bertz CT molecular complexity index is 699. The van der Waals surface area contributed by atoms with Crippen molar-refractivity contribution in [1.29, 1.82) is 0 Å². The highest BCUT2D eigenvalue weighted by molar-refractivity contribution is 14.1. The van der Waals surface area contributed by atoms with E-state index in [0.717, 1.165) is 0 Å². The minimum absolute atomic E-state index is 0.177. The van der Waals surface area contributed by atoms with Gasteiger partial charge in [0.25, 0.3) is 0 Å². The number of fused-ring (bicyclic) bond motifs is 1. The zero-order valence-electron chi connectivity index (χ0n) is 11.7. The molecule has 1 unspecified atom stereocenters. The van der Waals surface area contributed by atoms with Crippen LogP contribution in [0.25, 0.3) is 11.2 Å². The molecule has 0 saturated carbocycles. The summed E-state index contributed by atoms with van der Waals surface area (Å²) in [5.41, 5.74) is 6.73. The lowest BCUT2D eigenvalue weighted by atomic mass is 10.1. The average Bonchev–Trinajstić information content (AvgIpc) is 3.01. The molecule has 0 aliphatic carbocycles. The Hall–Kier alpha value is -0.690. The van der Waals surface area contributed by atoms with Crippen molar-refractivity contribution in [2.75, 3.05) is 5.73 Å². The smallest absolute Gasteiger partial charge is 0.194 e. The summed E-state index contributed by atoms with van der Waals surface area (Å²) in [5, 5.41) is 20.3. The number of anilines is 1. The summed E-state index contributed by atoms with van der Waals surface area (Å²) in [5.74, 6) is 0.262. The maximum Gasteiger partial charge on any atom is 0.194 e. The second-order valence-corrected chi connectivity index (χ2v) is 6.78. The van der Waals surface area contributed by atoms with Crippen LogP contribution in [0.15, 0.2) is 6.33 Å². The van der Waals surface area contributed by atoms with Crippen LogP contribution < -0.4 is 5.73 Å². The van der Waals surface area contributed by atoms with E-state index in [1.165, 1.54) is 6.33 Å². The van der Waals surface area contributed by atoms with Crippen LogP contribution in [-0.4, -0.2) is 53.3 Å². The molecule has 0 bridgehead atoms. The van der Waals surface area contributed by atoms with Gasteiger partial charge in [-0.3, -0.25) is 4.57 Å². The summed E-state index contributed by atoms with van der Waals surface area (Å²) in [7, 11) is 0. The summed E-state index contributed by atoms with van der Waals surface area (Å²) < 4.78 is 7.85. The first kappa shape index (κ1) is 16.2. The molecule has 1 fully saturated rings. The molecule has 0 aromatic carbocycles. The number of aliphatic hydroxyl groups is 2. The Morgan fingerprint density at radius 2 is 2.18 bits per heavy atom. The van der Waals surface area contributed by atoms with Gasteiger partial charge in [-0.1, -0.05) is 6.92 Å². The molecule has 1 aliphatic rings. The number of ether oxygens (including phenoxy) is 1. The van der Waals surface area contributed by atoms with Gasteiger partial charge >= 0.3 is 0 Å². The van der Waals surface area contributed by atoms with Crippen LogP contribution in [0.1, 0.15) is 19.6 Å². The Morgan fingerprint density at radius 1 is 1.45 bits per heavy atom. The predicted octanol–water partition coefficient (Wildman–Crippen LogP) is 0.341. The maximum absolute atomic E-state index is 10.3. The van der Waals surface area contributed by atoms with E-state index in [-0.39, 0.29) is 11.1 Å². The van der Waals surface area contributed by atoms with E-state index in [2.05, 4.69) is 27.6 Å². The molecule has 0 spiro atoms. The normalized spacial score (nSPS) is 30.0. The number of hydrogen-bond donors (Lipinski definition) is 4. The lowest BCUT2D eigenvalue weighted by molar-refractivity contribution is -0.0351. The van der Waals surface area contributed by atoms with Crippen LogP contribution in [0, 0.1) is 3.83 Å². The van der Waals surface area contributed by atoms with E-state index in [0.29, 0.717) is 21.4 Å². The van der Waals surface area contributed by atoms with E-state index in [9.17, 15) is 10.2 Å². The number of aromatic nitrogens is 4. The fourth-order valence-corrected chi connectivity index (χ4v) is 3.30. The SMILES string of the molecule is CCC(S)[C@H]1O[C@@H](n2cnc3c(N)nc(I)nc32)[C@H](O)[C@@H]1O. The van der Waals surface area contributed by atoms with E-state index in [4.69, 9.17) is 10.5 Å². The molecule has 2 aromatic heterocycles. The maximum atomic E-state index is 10.3. The molecule has 10 heteroatoms. The molecule has 4 N–H and O–H groups in total. The molecule has 5 atom stereocenters. The van der Waals surface area contributed by atoms with E-state index < -0.39 is 24.5 Å². The van der Waals surface area contributed by atoms with Crippen LogP contribution in [0.4, 0.5) is 5.82 Å². The number of aliphatic hydroxyl groups excluding tert-OH is 2. The summed E-state index contributed by atoms with van der Waals surface area (Å²) >= 11 is 6.35. The van der Waals surface area contributed by atoms with Gasteiger partial charge in [-0.05, 0) is 6.42 Å². The summed E-state index contributed by atoms with van der Waals surface area (Å²) in [4.78, 5) is 12.5. The third-order valence-electron chi connectivity index (χ3n) is 3.77. The molecule has 1 aliphatic heterocycles. The monoisotopic (exact) mass is 437 g/mol. The standard InChI is InChI=1S/C12H16IN5O3S/c1-2-4(22)8-6(19)7(20)11(21-8)18-3-15-5-9(14)16-12(13)17-10(5)18/h3-4,6-8,11,19-20,22H,2H2,1H3,(H2,14,16,17)/t4?,6-,7+,8+,11+/m0/s1. The van der Waals surface area contributed by atoms with Crippen LogP contribution in [0.5, 0.6) is 0 Å².